The van der Waals surface area contributed by atoms with E-state index in [4.69, 9.17) is 14.2 Å². The summed E-state index contributed by atoms with van der Waals surface area (Å²) in [4.78, 5) is 19.4. The van der Waals surface area contributed by atoms with Gasteiger partial charge in [0.05, 0.1) is 34.4 Å². The Balaban J connectivity index is 0.00000280. The standard InChI is InChI=1S/C20H22N2O4S.BrH/c1-24-16-7-5-15(6-8-16)22(20-21-10-11-27-20)13-17(23)14-4-9-18(25-2)19(12-14)26-3;/h4-9,12H,10-11,13H2,1-3H3;1H. The molecule has 0 aromatic heterocycles. The molecule has 0 N–H and O–H groups in total. The number of carbonyl (C=O) groups excluding carboxylic acids is 1. The lowest BCUT2D eigenvalue weighted by Crippen LogP contribution is -2.33. The van der Waals surface area contributed by atoms with Gasteiger partial charge in [0, 0.05) is 17.0 Å². The summed E-state index contributed by atoms with van der Waals surface area (Å²) in [6, 6.07) is 12.8. The zero-order valence-corrected chi connectivity index (χ0v) is 18.5. The first-order chi connectivity index (χ1) is 13.2. The molecular formula is C20H23BrN2O4S. The Morgan fingerprint density at radius 1 is 1.04 bits per heavy atom. The first-order valence-corrected chi connectivity index (χ1v) is 9.49. The van der Waals surface area contributed by atoms with E-state index in [0.717, 1.165) is 28.9 Å². The van der Waals surface area contributed by atoms with Crippen LogP contribution >= 0.6 is 28.7 Å². The summed E-state index contributed by atoms with van der Waals surface area (Å²) in [7, 11) is 4.75. The molecule has 0 radical (unpaired) electrons. The van der Waals surface area contributed by atoms with E-state index in [-0.39, 0.29) is 29.3 Å². The number of halogens is 1. The number of hydrogen-bond acceptors (Lipinski definition) is 7. The fourth-order valence-corrected chi connectivity index (χ4v) is 3.64. The fraction of sp³-hybridized carbons (Fsp3) is 0.300. The fourth-order valence-electron chi connectivity index (χ4n) is 2.76. The van der Waals surface area contributed by atoms with Crippen LogP contribution in [-0.2, 0) is 0 Å². The first-order valence-electron chi connectivity index (χ1n) is 8.50. The maximum Gasteiger partial charge on any atom is 0.182 e. The van der Waals surface area contributed by atoms with Crippen LogP contribution in [0.3, 0.4) is 0 Å². The van der Waals surface area contributed by atoms with Crippen molar-refractivity contribution in [1.29, 1.82) is 0 Å². The Morgan fingerprint density at radius 3 is 2.32 bits per heavy atom. The number of nitrogens with zero attached hydrogens (tertiary/aromatic N) is 2. The normalized spacial score (nSPS) is 12.6. The average Bonchev–Trinajstić information content (AvgIpc) is 3.26. The van der Waals surface area contributed by atoms with Gasteiger partial charge in [-0.3, -0.25) is 9.79 Å². The molecule has 6 nitrogen and oxygen atoms in total. The van der Waals surface area contributed by atoms with Crippen LogP contribution < -0.4 is 19.1 Å². The lowest BCUT2D eigenvalue weighted by atomic mass is 10.1. The number of benzene rings is 2. The van der Waals surface area contributed by atoms with Crippen LogP contribution in [0.15, 0.2) is 47.5 Å². The van der Waals surface area contributed by atoms with E-state index < -0.39 is 0 Å². The first kappa shape index (κ1) is 22.1. The molecule has 0 spiro atoms. The van der Waals surface area contributed by atoms with Crippen molar-refractivity contribution in [3.63, 3.8) is 0 Å². The van der Waals surface area contributed by atoms with Crippen molar-refractivity contribution in [2.24, 2.45) is 4.99 Å². The summed E-state index contributed by atoms with van der Waals surface area (Å²) in [6.45, 7) is 0.949. The SMILES string of the molecule is Br.COc1ccc(N(CC(=O)c2ccc(OC)c(OC)c2)C2=NCCS2)cc1. The lowest BCUT2D eigenvalue weighted by Gasteiger charge is -2.23. The minimum absolute atomic E-state index is 0. The molecule has 1 aliphatic rings. The minimum Gasteiger partial charge on any atom is -0.497 e. The zero-order chi connectivity index (χ0) is 19.2. The molecule has 0 saturated carbocycles. The monoisotopic (exact) mass is 466 g/mol. The average molecular weight is 467 g/mol. The van der Waals surface area contributed by atoms with Crippen molar-refractivity contribution in [3.8, 4) is 17.2 Å². The predicted octanol–water partition coefficient (Wildman–Crippen LogP) is 4.08. The number of hydrogen-bond donors (Lipinski definition) is 0. The third-order valence-electron chi connectivity index (χ3n) is 4.19. The third-order valence-corrected chi connectivity index (χ3v) is 5.19. The molecular weight excluding hydrogens is 444 g/mol. The summed E-state index contributed by atoms with van der Waals surface area (Å²) >= 11 is 1.65. The second-order valence-corrected chi connectivity index (χ2v) is 6.85. The van der Waals surface area contributed by atoms with E-state index in [2.05, 4.69) is 4.99 Å². The van der Waals surface area contributed by atoms with E-state index >= 15 is 0 Å². The van der Waals surface area contributed by atoms with Crippen LogP contribution in [0.4, 0.5) is 5.69 Å². The van der Waals surface area contributed by atoms with Crippen LogP contribution in [0.2, 0.25) is 0 Å². The van der Waals surface area contributed by atoms with E-state index in [1.807, 2.05) is 29.2 Å². The van der Waals surface area contributed by atoms with Crippen molar-refractivity contribution in [2.75, 3.05) is 45.1 Å². The molecule has 0 fully saturated rings. The van der Waals surface area contributed by atoms with E-state index in [1.165, 1.54) is 0 Å². The van der Waals surface area contributed by atoms with Gasteiger partial charge in [-0.1, -0.05) is 11.8 Å². The molecule has 0 bridgehead atoms. The molecule has 2 aromatic carbocycles. The molecule has 0 unspecified atom stereocenters. The Morgan fingerprint density at radius 2 is 1.75 bits per heavy atom. The lowest BCUT2D eigenvalue weighted by molar-refractivity contribution is 0.100. The molecule has 1 heterocycles. The molecule has 8 heteroatoms. The highest BCUT2D eigenvalue weighted by Gasteiger charge is 2.22. The number of methoxy groups -OCH3 is 3. The molecule has 1 aliphatic heterocycles. The van der Waals surface area contributed by atoms with E-state index in [9.17, 15) is 4.79 Å². The van der Waals surface area contributed by atoms with Crippen LogP contribution in [0.1, 0.15) is 10.4 Å². The van der Waals surface area contributed by atoms with Gasteiger partial charge in [-0.2, -0.15) is 0 Å². The third kappa shape index (κ3) is 4.99. The Hall–Kier alpha value is -2.19. The summed E-state index contributed by atoms with van der Waals surface area (Å²) in [5.74, 6) is 2.80. The van der Waals surface area contributed by atoms with Crippen molar-refractivity contribution in [2.45, 2.75) is 0 Å². The number of carbonyl (C=O) groups is 1. The van der Waals surface area contributed by atoms with Gasteiger partial charge in [0.15, 0.2) is 22.4 Å². The number of thioether (sulfide) groups is 1. The van der Waals surface area contributed by atoms with Gasteiger partial charge >= 0.3 is 0 Å². The van der Waals surface area contributed by atoms with Gasteiger partial charge in [-0.15, -0.1) is 17.0 Å². The molecule has 28 heavy (non-hydrogen) atoms. The van der Waals surface area contributed by atoms with Crippen molar-refractivity contribution in [3.05, 3.63) is 48.0 Å². The van der Waals surface area contributed by atoms with Gasteiger partial charge in [0.1, 0.15) is 5.75 Å². The second-order valence-electron chi connectivity index (χ2n) is 5.79. The van der Waals surface area contributed by atoms with Crippen LogP contribution in [0, 0.1) is 0 Å². The molecule has 0 saturated heterocycles. The quantitative estimate of drug-likeness (QED) is 0.572. The number of aliphatic imine (C=N–C) groups is 1. The number of amidine groups is 1. The van der Waals surface area contributed by atoms with E-state index in [0.29, 0.717) is 17.1 Å². The zero-order valence-electron chi connectivity index (χ0n) is 16.0. The Kier molecular flexibility index (Phi) is 8.19. The maximum absolute atomic E-state index is 12.9. The highest BCUT2D eigenvalue weighted by atomic mass is 79.9. The summed E-state index contributed by atoms with van der Waals surface area (Å²) in [5, 5.41) is 0.856. The Bertz CT molecular complexity index is 843. The van der Waals surface area contributed by atoms with Crippen molar-refractivity contribution < 1.29 is 19.0 Å². The molecule has 3 rings (SSSR count). The summed E-state index contributed by atoms with van der Waals surface area (Å²) < 4.78 is 15.8. The van der Waals surface area contributed by atoms with Gasteiger partial charge in [-0.25, -0.2) is 0 Å². The van der Waals surface area contributed by atoms with Crippen LogP contribution in [0.25, 0.3) is 0 Å². The van der Waals surface area contributed by atoms with E-state index in [1.54, 1.807) is 51.3 Å². The molecule has 0 aliphatic carbocycles. The second kappa shape index (κ2) is 10.4. The number of anilines is 1. The number of rotatable bonds is 7. The Labute approximate surface area is 179 Å². The highest BCUT2D eigenvalue weighted by molar-refractivity contribution is 8.93. The molecule has 0 amide bonds. The highest BCUT2D eigenvalue weighted by Crippen LogP contribution is 2.29. The molecule has 0 atom stereocenters. The number of ether oxygens (including phenoxy) is 3. The molecule has 2 aromatic rings. The van der Waals surface area contributed by atoms with Gasteiger partial charge < -0.3 is 19.1 Å². The van der Waals surface area contributed by atoms with Crippen LogP contribution in [0.5, 0.6) is 17.2 Å². The smallest absolute Gasteiger partial charge is 0.182 e. The summed E-state index contributed by atoms with van der Waals surface area (Å²) in [5.41, 5.74) is 1.47. The van der Waals surface area contributed by atoms with Crippen LogP contribution in [-0.4, -0.2) is 51.1 Å². The molecule has 150 valence electrons. The summed E-state index contributed by atoms with van der Waals surface area (Å²) in [6.07, 6.45) is 0. The predicted molar refractivity (Wildman–Crippen MR) is 119 cm³/mol. The minimum atomic E-state index is -0.0260. The van der Waals surface area contributed by atoms with Crippen molar-refractivity contribution >= 4 is 45.4 Å². The number of ketones is 1. The van der Waals surface area contributed by atoms with Gasteiger partial charge in [0.25, 0.3) is 0 Å². The van der Waals surface area contributed by atoms with Gasteiger partial charge in [0.2, 0.25) is 0 Å². The number of Topliss-reactive ketones (excluding diaryl/α,β-unsaturated/α-hetero) is 1. The maximum atomic E-state index is 12.9. The topological polar surface area (TPSA) is 60.4 Å². The van der Waals surface area contributed by atoms with Crippen molar-refractivity contribution in [1.82, 2.24) is 0 Å². The largest absolute Gasteiger partial charge is 0.497 e. The van der Waals surface area contributed by atoms with Gasteiger partial charge in [-0.05, 0) is 42.5 Å².